The van der Waals surface area contributed by atoms with Crippen LogP contribution >= 0.6 is 0 Å². The zero-order chi connectivity index (χ0) is 19.4. The van der Waals surface area contributed by atoms with Gasteiger partial charge in [-0.1, -0.05) is 13.3 Å². The number of hydrogen-bond donors (Lipinski definition) is 1. The molecule has 1 N–H and O–H groups in total. The molecule has 2 aromatic heterocycles. The van der Waals surface area contributed by atoms with Crippen molar-refractivity contribution in [1.82, 2.24) is 23.9 Å². The average molecular weight is 400 g/mol. The average Bonchev–Trinajstić information content (AvgIpc) is 2.90. The molecule has 0 unspecified atom stereocenters. The van der Waals surface area contributed by atoms with Crippen LogP contribution in [-0.2, 0) is 15.4 Å². The Hall–Kier alpha value is -1.88. The first-order chi connectivity index (χ1) is 12.7. The van der Waals surface area contributed by atoms with E-state index >= 15 is 0 Å². The normalized spacial score (nSPS) is 26.1. The minimum atomic E-state index is -3.42. The van der Waals surface area contributed by atoms with Gasteiger partial charge < -0.3 is 5.32 Å². The Morgan fingerprint density at radius 3 is 2.70 bits per heavy atom. The Bertz CT molecular complexity index is 975. The zero-order valence-corrected chi connectivity index (χ0v) is 16.0. The highest BCUT2D eigenvalue weighted by atomic mass is 32.2. The molecule has 1 aliphatic heterocycles. The van der Waals surface area contributed by atoms with Gasteiger partial charge in [0.1, 0.15) is 17.5 Å². The van der Waals surface area contributed by atoms with Crippen LogP contribution < -0.4 is 5.32 Å². The SMILES string of the molecule is CC1(c2nc(F)c3cnc(N[C@@H]4CCN(S(C)(=O)=O)C[C@H]4F)nn23)CCC1. The second-order valence-electron chi connectivity index (χ2n) is 7.70. The van der Waals surface area contributed by atoms with Crippen molar-refractivity contribution < 1.29 is 17.2 Å². The highest BCUT2D eigenvalue weighted by Crippen LogP contribution is 2.42. The van der Waals surface area contributed by atoms with Crippen molar-refractivity contribution in [1.29, 1.82) is 0 Å². The molecule has 27 heavy (non-hydrogen) atoms. The van der Waals surface area contributed by atoms with E-state index in [1.54, 1.807) is 0 Å². The number of fused-ring (bicyclic) bond motifs is 1. The van der Waals surface area contributed by atoms with Gasteiger partial charge >= 0.3 is 0 Å². The molecule has 2 aliphatic rings. The van der Waals surface area contributed by atoms with Gasteiger partial charge in [0, 0.05) is 18.5 Å². The van der Waals surface area contributed by atoms with Crippen LogP contribution in [0.4, 0.5) is 14.7 Å². The molecule has 2 fully saturated rings. The van der Waals surface area contributed by atoms with Crippen molar-refractivity contribution >= 4 is 21.5 Å². The summed E-state index contributed by atoms with van der Waals surface area (Å²) in [5.74, 6) is 0.106. The fraction of sp³-hybridized carbons (Fsp3) is 0.688. The maximum Gasteiger partial charge on any atom is 0.242 e. The molecular weight excluding hydrogens is 378 g/mol. The van der Waals surface area contributed by atoms with Gasteiger partial charge in [-0.05, 0) is 19.3 Å². The first kappa shape index (κ1) is 18.5. The second kappa shape index (κ2) is 6.33. The number of nitrogens with zero attached hydrogens (tertiary/aromatic N) is 5. The van der Waals surface area contributed by atoms with Crippen LogP contribution in [0, 0.1) is 5.95 Å². The van der Waals surface area contributed by atoms with Crippen molar-refractivity contribution in [3.63, 3.8) is 0 Å². The number of halogens is 2. The highest BCUT2D eigenvalue weighted by molar-refractivity contribution is 7.88. The van der Waals surface area contributed by atoms with Crippen LogP contribution in [0.5, 0.6) is 0 Å². The lowest BCUT2D eigenvalue weighted by Crippen LogP contribution is -2.49. The van der Waals surface area contributed by atoms with Gasteiger partial charge in [0.25, 0.3) is 0 Å². The maximum atomic E-state index is 14.5. The van der Waals surface area contributed by atoms with Crippen molar-refractivity contribution in [2.75, 3.05) is 24.7 Å². The van der Waals surface area contributed by atoms with Crippen LogP contribution in [0.15, 0.2) is 6.20 Å². The fourth-order valence-corrected chi connectivity index (χ4v) is 4.60. The van der Waals surface area contributed by atoms with Gasteiger partial charge in [-0.15, -0.1) is 5.10 Å². The van der Waals surface area contributed by atoms with Gasteiger partial charge in [-0.25, -0.2) is 27.3 Å². The Morgan fingerprint density at radius 1 is 1.37 bits per heavy atom. The van der Waals surface area contributed by atoms with Gasteiger partial charge in [0.2, 0.25) is 21.9 Å². The molecule has 0 amide bonds. The third-order valence-corrected chi connectivity index (χ3v) is 6.90. The largest absolute Gasteiger partial charge is 0.347 e. The van der Waals surface area contributed by atoms with Gasteiger partial charge in [0.15, 0.2) is 0 Å². The molecule has 4 rings (SSSR count). The van der Waals surface area contributed by atoms with Gasteiger partial charge in [-0.3, -0.25) is 0 Å². The minimum absolute atomic E-state index is 0.171. The highest BCUT2D eigenvalue weighted by Gasteiger charge is 2.39. The van der Waals surface area contributed by atoms with E-state index in [0.717, 1.165) is 29.8 Å². The van der Waals surface area contributed by atoms with Crippen molar-refractivity contribution in [2.45, 2.75) is 50.2 Å². The smallest absolute Gasteiger partial charge is 0.242 e. The van der Waals surface area contributed by atoms with Crippen molar-refractivity contribution in [3.8, 4) is 0 Å². The van der Waals surface area contributed by atoms with Gasteiger partial charge in [-0.2, -0.15) is 8.70 Å². The molecule has 11 heteroatoms. The van der Waals surface area contributed by atoms with Crippen LogP contribution in [0.1, 0.15) is 38.4 Å². The molecule has 0 spiro atoms. The van der Waals surface area contributed by atoms with Crippen molar-refractivity contribution in [3.05, 3.63) is 18.0 Å². The van der Waals surface area contributed by atoms with Crippen LogP contribution in [0.25, 0.3) is 5.52 Å². The van der Waals surface area contributed by atoms with Crippen LogP contribution in [0.3, 0.4) is 0 Å². The summed E-state index contributed by atoms with van der Waals surface area (Å²) in [4.78, 5) is 8.12. The van der Waals surface area contributed by atoms with Gasteiger partial charge in [0.05, 0.1) is 18.5 Å². The zero-order valence-electron chi connectivity index (χ0n) is 15.2. The van der Waals surface area contributed by atoms with E-state index in [1.165, 1.54) is 10.7 Å². The number of aromatic nitrogens is 4. The number of rotatable bonds is 4. The molecule has 1 saturated carbocycles. The summed E-state index contributed by atoms with van der Waals surface area (Å²) in [5, 5.41) is 7.26. The summed E-state index contributed by atoms with van der Waals surface area (Å²) < 4.78 is 54.3. The van der Waals surface area contributed by atoms with E-state index in [-0.39, 0.29) is 30.0 Å². The Labute approximate surface area is 156 Å². The van der Waals surface area contributed by atoms with Crippen LogP contribution in [0.2, 0.25) is 0 Å². The maximum absolute atomic E-state index is 14.5. The van der Waals surface area contributed by atoms with E-state index < -0.39 is 28.2 Å². The number of anilines is 1. The predicted octanol–water partition coefficient (Wildman–Crippen LogP) is 1.49. The Balaban J connectivity index is 1.57. The molecule has 0 radical (unpaired) electrons. The quantitative estimate of drug-likeness (QED) is 0.836. The van der Waals surface area contributed by atoms with Crippen molar-refractivity contribution in [2.24, 2.45) is 0 Å². The summed E-state index contributed by atoms with van der Waals surface area (Å²) in [7, 11) is -3.42. The lowest BCUT2D eigenvalue weighted by atomic mass is 9.70. The Kier molecular flexibility index (Phi) is 4.34. The summed E-state index contributed by atoms with van der Waals surface area (Å²) in [6.07, 6.45) is 4.19. The first-order valence-electron chi connectivity index (χ1n) is 8.95. The molecule has 148 valence electrons. The minimum Gasteiger partial charge on any atom is -0.347 e. The molecule has 1 aliphatic carbocycles. The number of nitrogens with one attached hydrogen (secondary N) is 1. The third-order valence-electron chi connectivity index (χ3n) is 5.63. The standard InChI is InChI=1S/C16H22F2N6O2S/c1-16(5-3-6-16)14-21-13(18)12-8-19-15(22-24(12)14)20-11-4-7-23(9-10(11)17)27(2,25)26/h8,10-11H,3-7,9H2,1-2H3,(H,20,22)/t10-,11-/m1/s1. The van der Waals surface area contributed by atoms with E-state index in [4.69, 9.17) is 0 Å². The second-order valence-corrected chi connectivity index (χ2v) is 9.68. The molecule has 0 aromatic carbocycles. The van der Waals surface area contributed by atoms with E-state index in [9.17, 15) is 17.2 Å². The third kappa shape index (κ3) is 3.27. The molecule has 0 bridgehead atoms. The summed E-state index contributed by atoms with van der Waals surface area (Å²) in [5.41, 5.74) is -0.0325. The predicted molar refractivity (Wildman–Crippen MR) is 95.3 cm³/mol. The molecule has 3 heterocycles. The molecule has 2 atom stereocenters. The summed E-state index contributed by atoms with van der Waals surface area (Å²) in [6.45, 7) is 2.04. The van der Waals surface area contributed by atoms with E-state index in [0.29, 0.717) is 12.2 Å². The summed E-state index contributed by atoms with van der Waals surface area (Å²) >= 11 is 0. The first-order valence-corrected chi connectivity index (χ1v) is 10.8. The molecular formula is C16H22F2N6O2S. The van der Waals surface area contributed by atoms with Crippen LogP contribution in [-0.4, -0.2) is 63.9 Å². The van der Waals surface area contributed by atoms with E-state index in [2.05, 4.69) is 20.4 Å². The van der Waals surface area contributed by atoms with E-state index in [1.807, 2.05) is 6.92 Å². The number of sulfonamides is 1. The number of piperidine rings is 1. The molecule has 1 saturated heterocycles. The number of alkyl halides is 1. The summed E-state index contributed by atoms with van der Waals surface area (Å²) in [6, 6.07) is -0.614. The fourth-order valence-electron chi connectivity index (χ4n) is 3.75. The number of imidazole rings is 1. The number of hydrogen-bond acceptors (Lipinski definition) is 6. The Morgan fingerprint density at radius 2 is 2.11 bits per heavy atom. The molecule has 8 nitrogen and oxygen atoms in total. The molecule has 2 aromatic rings. The monoisotopic (exact) mass is 400 g/mol. The lowest BCUT2D eigenvalue weighted by molar-refractivity contribution is 0.186. The topological polar surface area (TPSA) is 92.5 Å². The lowest BCUT2D eigenvalue weighted by Gasteiger charge is -2.36.